The number of carbonyl (C=O) groups is 1. The van der Waals surface area contributed by atoms with Crippen LogP contribution in [0.5, 0.6) is 0 Å². The Kier molecular flexibility index (Phi) is 6.49. The molecule has 0 saturated carbocycles. The molecule has 0 heterocycles. The highest BCUT2D eigenvalue weighted by atomic mass is 16.5. The Morgan fingerprint density at radius 3 is 2.36 bits per heavy atom. The van der Waals surface area contributed by atoms with Crippen molar-refractivity contribution in [2.24, 2.45) is 5.92 Å². The maximum Gasteiger partial charge on any atom is 0.307 e. The van der Waals surface area contributed by atoms with E-state index in [2.05, 4.69) is 10.1 Å². The molecule has 0 aliphatic rings. The molecule has 2 atom stereocenters. The van der Waals surface area contributed by atoms with Gasteiger partial charge in [0, 0.05) is 12.1 Å². The summed E-state index contributed by atoms with van der Waals surface area (Å²) in [7, 11) is 1.38. The number of hydrogen-bond acceptors (Lipinski definition) is 4. The quantitative estimate of drug-likeness (QED) is 0.619. The molecule has 0 aliphatic carbocycles. The zero-order valence-electron chi connectivity index (χ0n) is 9.41. The monoisotopic (exact) mass is 203 g/mol. The number of esters is 1. The summed E-state index contributed by atoms with van der Waals surface area (Å²) in [6.45, 7) is 6.04. The molecule has 14 heavy (non-hydrogen) atoms. The van der Waals surface area contributed by atoms with Gasteiger partial charge in [0.05, 0.1) is 20.1 Å². The van der Waals surface area contributed by atoms with E-state index < -0.39 is 0 Å². The van der Waals surface area contributed by atoms with Crippen LogP contribution in [0, 0.1) is 5.92 Å². The molecule has 0 rings (SSSR count). The summed E-state index contributed by atoms with van der Waals surface area (Å²) in [5, 5.41) is 12.2. The molecular formula is C10H21NO3. The topological polar surface area (TPSA) is 58.6 Å². The van der Waals surface area contributed by atoms with Gasteiger partial charge in [-0.05, 0) is 12.8 Å². The van der Waals surface area contributed by atoms with Gasteiger partial charge in [-0.1, -0.05) is 13.8 Å². The summed E-state index contributed by atoms with van der Waals surface area (Å²) in [6.07, 6.45) is 0.333. The van der Waals surface area contributed by atoms with Gasteiger partial charge < -0.3 is 15.2 Å². The van der Waals surface area contributed by atoms with Crippen molar-refractivity contribution in [2.45, 2.75) is 39.3 Å². The normalized spacial score (nSPS) is 15.3. The molecular weight excluding hydrogens is 182 g/mol. The fourth-order valence-corrected chi connectivity index (χ4v) is 1.21. The van der Waals surface area contributed by atoms with Gasteiger partial charge in [-0.25, -0.2) is 0 Å². The minimum Gasteiger partial charge on any atom is -0.469 e. The molecule has 1 unspecified atom stereocenters. The van der Waals surface area contributed by atoms with Gasteiger partial charge in [-0.15, -0.1) is 0 Å². The van der Waals surface area contributed by atoms with E-state index in [1.807, 2.05) is 20.8 Å². The van der Waals surface area contributed by atoms with Crippen LogP contribution in [0.15, 0.2) is 0 Å². The molecule has 0 aromatic carbocycles. The first-order valence-corrected chi connectivity index (χ1v) is 4.95. The molecule has 0 radical (unpaired) electrons. The van der Waals surface area contributed by atoms with Crippen molar-refractivity contribution in [3.8, 4) is 0 Å². The second-order valence-electron chi connectivity index (χ2n) is 3.88. The highest BCUT2D eigenvalue weighted by Gasteiger charge is 2.16. The van der Waals surface area contributed by atoms with Crippen LogP contribution in [-0.4, -0.2) is 36.9 Å². The third kappa shape index (κ3) is 5.19. The molecule has 84 valence electrons. The first-order chi connectivity index (χ1) is 6.51. The van der Waals surface area contributed by atoms with E-state index in [4.69, 9.17) is 5.11 Å². The van der Waals surface area contributed by atoms with Gasteiger partial charge in [0.1, 0.15) is 0 Å². The van der Waals surface area contributed by atoms with Crippen molar-refractivity contribution in [2.75, 3.05) is 13.7 Å². The summed E-state index contributed by atoms with van der Waals surface area (Å²) >= 11 is 0. The van der Waals surface area contributed by atoms with Gasteiger partial charge >= 0.3 is 5.97 Å². The lowest BCUT2D eigenvalue weighted by Gasteiger charge is -2.24. The van der Waals surface area contributed by atoms with E-state index in [1.165, 1.54) is 7.11 Å². The molecule has 0 amide bonds. The third-order valence-electron chi connectivity index (χ3n) is 2.20. The van der Waals surface area contributed by atoms with E-state index in [0.29, 0.717) is 12.3 Å². The predicted octanol–water partition coefficient (Wildman–Crippen LogP) is 0.544. The lowest BCUT2D eigenvalue weighted by molar-refractivity contribution is -0.141. The van der Waals surface area contributed by atoms with E-state index in [9.17, 15) is 4.79 Å². The third-order valence-corrected chi connectivity index (χ3v) is 2.20. The highest BCUT2D eigenvalue weighted by molar-refractivity contribution is 5.69. The zero-order valence-corrected chi connectivity index (χ0v) is 9.41. The van der Waals surface area contributed by atoms with Crippen molar-refractivity contribution in [3.63, 3.8) is 0 Å². The van der Waals surface area contributed by atoms with Gasteiger partial charge in [0.2, 0.25) is 0 Å². The first kappa shape index (κ1) is 13.4. The molecule has 0 spiro atoms. The number of carbonyl (C=O) groups excluding carboxylic acids is 1. The van der Waals surface area contributed by atoms with Crippen molar-refractivity contribution in [3.05, 3.63) is 0 Å². The minimum atomic E-state index is -0.231. The lowest BCUT2D eigenvalue weighted by Crippen LogP contribution is -2.43. The maximum atomic E-state index is 10.9. The van der Waals surface area contributed by atoms with Crippen LogP contribution < -0.4 is 5.32 Å². The first-order valence-electron chi connectivity index (χ1n) is 4.95. The zero-order chi connectivity index (χ0) is 11.1. The Labute approximate surface area is 85.6 Å². The molecule has 4 nitrogen and oxygen atoms in total. The standard InChI is InChI=1S/C10H21NO3/c1-7(2)9(6-12)11-8(3)5-10(13)14-4/h7-9,11-12H,5-6H2,1-4H3/t8?,9-/m1/s1. The van der Waals surface area contributed by atoms with E-state index >= 15 is 0 Å². The second kappa shape index (κ2) is 6.79. The van der Waals surface area contributed by atoms with Gasteiger partial charge in [-0.3, -0.25) is 4.79 Å². The van der Waals surface area contributed by atoms with Crippen LogP contribution in [0.3, 0.4) is 0 Å². The Bertz CT molecular complexity index is 171. The van der Waals surface area contributed by atoms with Crippen molar-refractivity contribution >= 4 is 5.97 Å². The smallest absolute Gasteiger partial charge is 0.307 e. The molecule has 0 aromatic rings. The van der Waals surface area contributed by atoms with Crippen molar-refractivity contribution in [1.82, 2.24) is 5.32 Å². The summed E-state index contributed by atoms with van der Waals surface area (Å²) < 4.78 is 4.56. The van der Waals surface area contributed by atoms with Gasteiger partial charge in [0.25, 0.3) is 0 Å². The molecule has 0 aromatic heterocycles. The van der Waals surface area contributed by atoms with E-state index in [0.717, 1.165) is 0 Å². The van der Waals surface area contributed by atoms with Crippen LogP contribution in [0.2, 0.25) is 0 Å². The van der Waals surface area contributed by atoms with Crippen LogP contribution >= 0.6 is 0 Å². The molecule has 2 N–H and O–H groups in total. The van der Waals surface area contributed by atoms with Gasteiger partial charge in [0.15, 0.2) is 0 Å². The fraction of sp³-hybridized carbons (Fsp3) is 0.900. The largest absolute Gasteiger partial charge is 0.469 e. The SMILES string of the molecule is COC(=O)CC(C)N[C@H](CO)C(C)C. The second-order valence-corrected chi connectivity index (χ2v) is 3.88. The van der Waals surface area contributed by atoms with E-state index in [-0.39, 0.29) is 24.7 Å². The molecule has 0 saturated heterocycles. The van der Waals surface area contributed by atoms with Gasteiger partial charge in [-0.2, -0.15) is 0 Å². The van der Waals surface area contributed by atoms with Crippen LogP contribution in [0.25, 0.3) is 0 Å². The average molecular weight is 203 g/mol. The number of nitrogens with one attached hydrogen (secondary N) is 1. The number of aliphatic hydroxyl groups excluding tert-OH is 1. The Morgan fingerprint density at radius 1 is 1.43 bits per heavy atom. The summed E-state index contributed by atoms with van der Waals surface area (Å²) in [6, 6.07) is 0.0663. The number of hydrogen-bond donors (Lipinski definition) is 2. The fourth-order valence-electron chi connectivity index (χ4n) is 1.21. The lowest BCUT2D eigenvalue weighted by atomic mass is 10.0. The van der Waals surface area contributed by atoms with Crippen LogP contribution in [0.1, 0.15) is 27.2 Å². The molecule has 0 aliphatic heterocycles. The average Bonchev–Trinajstić information content (AvgIpc) is 2.13. The Morgan fingerprint density at radius 2 is 2.00 bits per heavy atom. The molecule has 0 bridgehead atoms. The van der Waals surface area contributed by atoms with Crippen LogP contribution in [-0.2, 0) is 9.53 Å². The predicted molar refractivity (Wildman–Crippen MR) is 54.9 cm³/mol. The highest BCUT2D eigenvalue weighted by Crippen LogP contribution is 2.03. The summed E-state index contributed by atoms with van der Waals surface area (Å²) in [5.41, 5.74) is 0. The van der Waals surface area contributed by atoms with Crippen molar-refractivity contribution in [1.29, 1.82) is 0 Å². The summed E-state index contributed by atoms with van der Waals surface area (Å²) in [5.74, 6) is 0.116. The minimum absolute atomic E-state index is 0.0296. The maximum absolute atomic E-state index is 10.9. The number of rotatable bonds is 6. The number of aliphatic hydroxyl groups is 1. The summed E-state index contributed by atoms with van der Waals surface area (Å²) in [4.78, 5) is 10.9. The van der Waals surface area contributed by atoms with E-state index in [1.54, 1.807) is 0 Å². The molecule has 4 heteroatoms. The number of methoxy groups -OCH3 is 1. The Hall–Kier alpha value is -0.610. The van der Waals surface area contributed by atoms with Crippen LogP contribution in [0.4, 0.5) is 0 Å². The Balaban J connectivity index is 3.90. The number of ether oxygens (including phenoxy) is 1. The molecule has 0 fully saturated rings. The van der Waals surface area contributed by atoms with Crippen molar-refractivity contribution < 1.29 is 14.6 Å².